The van der Waals surface area contributed by atoms with Gasteiger partial charge in [-0.3, -0.25) is 4.98 Å². The van der Waals surface area contributed by atoms with Crippen molar-refractivity contribution in [2.75, 3.05) is 43.2 Å². The van der Waals surface area contributed by atoms with Crippen molar-refractivity contribution in [2.24, 2.45) is 11.7 Å². The lowest BCUT2D eigenvalue weighted by atomic mass is 9.91. The minimum Gasteiger partial charge on any atom is -0.377 e. The molecule has 2 N–H and O–H groups in total. The third-order valence-corrected chi connectivity index (χ3v) is 8.45. The SMILES string of the molecule is CCOCc1cc(F)c(-c2ccc3cnc(Cc4cnccc4N4C[C@@H](N)[C@@H](OCCS(C)(=O)=O)[C@@H](C)C4)n3n2)c(F)c1. The monoisotopic (exact) mass is 614 g/mol. The Bertz CT molecular complexity index is 1660. The molecule has 1 aliphatic heterocycles. The molecule has 0 unspecified atom stereocenters. The van der Waals surface area contributed by atoms with Gasteiger partial charge in [0.2, 0.25) is 0 Å². The van der Waals surface area contributed by atoms with Crippen LogP contribution in [-0.4, -0.2) is 78.5 Å². The Kier molecular flexibility index (Phi) is 9.35. The predicted octanol–water partition coefficient (Wildman–Crippen LogP) is 3.41. The molecule has 1 saturated heterocycles. The topological polar surface area (TPSA) is 125 Å². The van der Waals surface area contributed by atoms with E-state index < -0.39 is 21.5 Å². The smallest absolute Gasteiger partial charge is 0.149 e. The Morgan fingerprint density at radius 1 is 1.12 bits per heavy atom. The standard InChI is InChI=1S/C30H36F2N6O4S/c1-4-41-18-20-11-23(31)29(24(32)12-20)26-6-5-22-15-35-28(38(22)36-26)13-21-14-34-8-7-27(21)37-16-19(2)30(25(33)17-37)42-9-10-43(3,39)40/h5-8,11-12,14-15,19,25,30H,4,9-10,13,16-18,33H2,1-3H3/t19-,25+,30-/m0/s1. The molecule has 4 heterocycles. The van der Waals surface area contributed by atoms with Crippen molar-refractivity contribution in [1.82, 2.24) is 19.6 Å². The van der Waals surface area contributed by atoms with E-state index in [4.69, 9.17) is 15.2 Å². The number of benzene rings is 1. The van der Waals surface area contributed by atoms with Crippen LogP contribution in [0.4, 0.5) is 14.5 Å². The van der Waals surface area contributed by atoms with Gasteiger partial charge in [-0.05, 0) is 42.8 Å². The fourth-order valence-electron chi connectivity index (χ4n) is 5.52. The van der Waals surface area contributed by atoms with Crippen LogP contribution in [0.2, 0.25) is 0 Å². The second kappa shape index (κ2) is 13.0. The van der Waals surface area contributed by atoms with Crippen LogP contribution in [0, 0.1) is 17.6 Å². The van der Waals surface area contributed by atoms with Gasteiger partial charge in [-0.25, -0.2) is 26.7 Å². The Balaban J connectivity index is 1.37. The summed E-state index contributed by atoms with van der Waals surface area (Å²) >= 11 is 0. The molecular weight excluding hydrogens is 578 g/mol. The summed E-state index contributed by atoms with van der Waals surface area (Å²) in [6, 6.07) is 7.43. The number of hydrogen-bond donors (Lipinski definition) is 1. The van der Waals surface area contributed by atoms with Crippen LogP contribution in [-0.2, 0) is 32.3 Å². The van der Waals surface area contributed by atoms with Crippen molar-refractivity contribution in [1.29, 1.82) is 0 Å². The van der Waals surface area contributed by atoms with Gasteiger partial charge in [0.25, 0.3) is 0 Å². The Labute approximate surface area is 249 Å². The number of ether oxygens (including phenoxy) is 2. The molecular formula is C30H36F2N6O4S. The van der Waals surface area contributed by atoms with E-state index in [-0.39, 0.29) is 48.3 Å². The summed E-state index contributed by atoms with van der Waals surface area (Å²) in [6.45, 7) is 5.67. The molecule has 1 fully saturated rings. The van der Waals surface area contributed by atoms with Crippen LogP contribution >= 0.6 is 0 Å². The van der Waals surface area contributed by atoms with Gasteiger partial charge in [-0.2, -0.15) is 5.10 Å². The van der Waals surface area contributed by atoms with Crippen molar-refractivity contribution in [3.8, 4) is 11.3 Å². The first-order valence-electron chi connectivity index (χ1n) is 14.2. The first kappa shape index (κ1) is 30.9. The third kappa shape index (κ3) is 7.18. The number of anilines is 1. The molecule has 0 amide bonds. The van der Waals surface area contributed by atoms with E-state index in [0.717, 1.165) is 11.3 Å². The van der Waals surface area contributed by atoms with E-state index in [1.54, 1.807) is 35.2 Å². The normalized spacial score (nSPS) is 19.3. The molecule has 0 aliphatic carbocycles. The number of aromatic nitrogens is 4. The van der Waals surface area contributed by atoms with E-state index in [9.17, 15) is 8.42 Å². The lowest BCUT2D eigenvalue weighted by molar-refractivity contribution is 0.00179. The first-order chi connectivity index (χ1) is 20.5. The van der Waals surface area contributed by atoms with Gasteiger partial charge in [-0.15, -0.1) is 0 Å². The van der Waals surface area contributed by atoms with E-state index in [0.29, 0.717) is 43.0 Å². The van der Waals surface area contributed by atoms with Crippen molar-refractivity contribution >= 4 is 21.0 Å². The summed E-state index contributed by atoms with van der Waals surface area (Å²) in [7, 11) is -3.13. The van der Waals surface area contributed by atoms with Crippen molar-refractivity contribution in [3.05, 3.63) is 77.5 Å². The van der Waals surface area contributed by atoms with Crippen LogP contribution in [0.3, 0.4) is 0 Å². The molecule has 1 aromatic carbocycles. The number of imidazole rings is 1. The maximum atomic E-state index is 15.0. The first-order valence-corrected chi connectivity index (χ1v) is 16.2. The fourth-order valence-corrected chi connectivity index (χ4v) is 5.92. The maximum Gasteiger partial charge on any atom is 0.149 e. The minimum atomic E-state index is -3.13. The summed E-state index contributed by atoms with van der Waals surface area (Å²) in [5.74, 6) is -0.853. The van der Waals surface area contributed by atoms with E-state index in [1.807, 2.05) is 19.9 Å². The maximum absolute atomic E-state index is 15.0. The summed E-state index contributed by atoms with van der Waals surface area (Å²) in [5, 5.41) is 4.57. The molecule has 230 valence electrons. The van der Waals surface area contributed by atoms with Crippen LogP contribution in [0.15, 0.2) is 48.9 Å². The Morgan fingerprint density at radius 3 is 2.58 bits per heavy atom. The number of nitrogens with zero attached hydrogens (tertiary/aromatic N) is 5. The minimum absolute atomic E-state index is 0.0468. The van der Waals surface area contributed by atoms with E-state index in [1.165, 1.54) is 18.4 Å². The molecule has 0 saturated carbocycles. The highest BCUT2D eigenvalue weighted by atomic mass is 32.2. The average Bonchev–Trinajstić information content (AvgIpc) is 3.34. The van der Waals surface area contributed by atoms with Gasteiger partial charge >= 0.3 is 0 Å². The second-order valence-electron chi connectivity index (χ2n) is 11.0. The van der Waals surface area contributed by atoms with Crippen LogP contribution in [0.1, 0.15) is 30.8 Å². The van der Waals surface area contributed by atoms with Gasteiger partial charge in [0.1, 0.15) is 27.3 Å². The predicted molar refractivity (Wildman–Crippen MR) is 160 cm³/mol. The number of rotatable bonds is 11. The zero-order chi connectivity index (χ0) is 30.7. The Hall–Kier alpha value is -3.52. The third-order valence-electron chi connectivity index (χ3n) is 7.54. The summed E-state index contributed by atoms with van der Waals surface area (Å²) in [4.78, 5) is 11.1. The molecule has 5 rings (SSSR count). The van der Waals surface area contributed by atoms with E-state index in [2.05, 4.69) is 20.0 Å². The van der Waals surface area contributed by atoms with Crippen LogP contribution in [0.25, 0.3) is 16.8 Å². The highest BCUT2D eigenvalue weighted by molar-refractivity contribution is 7.90. The van der Waals surface area contributed by atoms with Crippen molar-refractivity contribution in [2.45, 2.75) is 39.0 Å². The quantitative estimate of drug-likeness (QED) is 0.271. The van der Waals surface area contributed by atoms with E-state index >= 15 is 8.78 Å². The number of fused-ring (bicyclic) bond motifs is 1. The number of halogens is 2. The van der Waals surface area contributed by atoms with Gasteiger partial charge in [0.15, 0.2) is 0 Å². The molecule has 4 aromatic rings. The van der Waals surface area contributed by atoms with Crippen LogP contribution in [0.5, 0.6) is 0 Å². The van der Waals surface area contributed by atoms with Gasteiger partial charge < -0.3 is 20.1 Å². The van der Waals surface area contributed by atoms with Crippen LogP contribution < -0.4 is 10.6 Å². The number of sulfone groups is 1. The zero-order valence-electron chi connectivity index (χ0n) is 24.4. The van der Waals surface area contributed by atoms with Crippen molar-refractivity contribution < 1.29 is 26.7 Å². The Morgan fingerprint density at radius 2 is 1.88 bits per heavy atom. The molecule has 3 atom stereocenters. The largest absolute Gasteiger partial charge is 0.377 e. The van der Waals surface area contributed by atoms with Gasteiger partial charge in [0.05, 0.1) is 48.0 Å². The molecule has 0 bridgehead atoms. The zero-order valence-corrected chi connectivity index (χ0v) is 25.2. The average molecular weight is 615 g/mol. The lowest BCUT2D eigenvalue weighted by Gasteiger charge is -2.42. The number of piperidine rings is 1. The summed E-state index contributed by atoms with van der Waals surface area (Å²) in [5.41, 5.74) is 9.35. The lowest BCUT2D eigenvalue weighted by Crippen LogP contribution is -2.57. The molecule has 13 heteroatoms. The molecule has 3 aromatic heterocycles. The second-order valence-corrected chi connectivity index (χ2v) is 13.3. The molecule has 0 spiro atoms. The number of nitrogens with two attached hydrogens (primary N) is 1. The van der Waals surface area contributed by atoms with Gasteiger partial charge in [-0.1, -0.05) is 6.92 Å². The summed E-state index contributed by atoms with van der Waals surface area (Å²) < 4.78 is 65.9. The molecule has 10 nitrogen and oxygen atoms in total. The molecule has 43 heavy (non-hydrogen) atoms. The summed E-state index contributed by atoms with van der Waals surface area (Å²) in [6.07, 6.45) is 6.42. The molecule has 0 radical (unpaired) electrons. The van der Waals surface area contributed by atoms with Gasteiger partial charge in [0, 0.05) is 68.0 Å². The highest BCUT2D eigenvalue weighted by Crippen LogP contribution is 2.30. The van der Waals surface area contributed by atoms with Crippen molar-refractivity contribution in [3.63, 3.8) is 0 Å². The highest BCUT2D eigenvalue weighted by Gasteiger charge is 2.34. The molecule has 1 aliphatic rings. The fraction of sp³-hybridized carbons (Fsp3) is 0.433. The number of hydrogen-bond acceptors (Lipinski definition) is 9. The number of pyridine rings is 1.